The molecule has 3 unspecified atom stereocenters. The lowest BCUT2D eigenvalue weighted by Gasteiger charge is -2.18. The Labute approximate surface area is 64.2 Å². The van der Waals surface area contributed by atoms with Crippen molar-refractivity contribution in [3.8, 4) is 0 Å². The molecule has 1 N–H and O–H groups in total. The molecule has 0 saturated heterocycles. The fourth-order valence-corrected chi connectivity index (χ4v) is 1.91. The topological polar surface area (TPSA) is 12.0 Å². The molecular formula is C9H19N. The molecule has 0 aromatic carbocycles. The monoisotopic (exact) mass is 141 g/mol. The first-order valence-electron chi connectivity index (χ1n) is 4.49. The van der Waals surface area contributed by atoms with Crippen LogP contribution >= 0.6 is 0 Å². The van der Waals surface area contributed by atoms with E-state index in [4.69, 9.17) is 0 Å². The van der Waals surface area contributed by atoms with Crippen LogP contribution in [-0.2, 0) is 0 Å². The molecular weight excluding hydrogens is 122 g/mol. The molecule has 1 saturated carbocycles. The van der Waals surface area contributed by atoms with Gasteiger partial charge < -0.3 is 5.32 Å². The van der Waals surface area contributed by atoms with Crippen LogP contribution in [0.15, 0.2) is 0 Å². The molecule has 0 spiro atoms. The average Bonchev–Trinajstić information content (AvgIpc) is 2.20. The molecule has 3 atom stereocenters. The quantitative estimate of drug-likeness (QED) is 0.620. The van der Waals surface area contributed by atoms with Gasteiger partial charge in [-0.25, -0.2) is 0 Å². The van der Waals surface area contributed by atoms with E-state index in [9.17, 15) is 0 Å². The number of hydrogen-bond donors (Lipinski definition) is 1. The van der Waals surface area contributed by atoms with E-state index in [1.165, 1.54) is 12.8 Å². The highest BCUT2D eigenvalue weighted by Gasteiger charge is 2.28. The molecule has 1 heteroatoms. The fraction of sp³-hybridized carbons (Fsp3) is 1.00. The molecule has 0 amide bonds. The zero-order valence-corrected chi connectivity index (χ0v) is 7.35. The minimum absolute atomic E-state index is 0.806. The first-order chi connectivity index (χ1) is 4.75. The van der Waals surface area contributed by atoms with Crippen molar-refractivity contribution in [2.45, 2.75) is 39.7 Å². The van der Waals surface area contributed by atoms with Gasteiger partial charge in [-0.2, -0.15) is 0 Å². The van der Waals surface area contributed by atoms with E-state index >= 15 is 0 Å². The Kier molecular flexibility index (Phi) is 2.72. The van der Waals surface area contributed by atoms with Crippen LogP contribution in [0.3, 0.4) is 0 Å². The van der Waals surface area contributed by atoms with Crippen molar-refractivity contribution in [1.82, 2.24) is 5.32 Å². The van der Waals surface area contributed by atoms with Crippen LogP contribution in [0.4, 0.5) is 0 Å². The summed E-state index contributed by atoms with van der Waals surface area (Å²) in [6.07, 6.45) is 2.80. The maximum absolute atomic E-state index is 3.52. The van der Waals surface area contributed by atoms with Crippen LogP contribution in [0, 0.1) is 11.8 Å². The fourth-order valence-electron chi connectivity index (χ4n) is 1.91. The van der Waals surface area contributed by atoms with Crippen molar-refractivity contribution >= 4 is 0 Å². The van der Waals surface area contributed by atoms with Crippen molar-refractivity contribution in [1.29, 1.82) is 0 Å². The summed E-state index contributed by atoms with van der Waals surface area (Å²) < 4.78 is 0. The predicted octanol–water partition coefficient (Wildman–Crippen LogP) is 2.03. The molecule has 1 aliphatic carbocycles. The zero-order valence-electron chi connectivity index (χ0n) is 7.35. The minimum atomic E-state index is 0.806. The molecule has 1 fully saturated rings. The van der Waals surface area contributed by atoms with Gasteiger partial charge in [0.25, 0.3) is 0 Å². The molecule has 1 aliphatic rings. The molecule has 0 bridgehead atoms. The van der Waals surface area contributed by atoms with Crippen molar-refractivity contribution < 1.29 is 0 Å². The lowest BCUT2D eigenvalue weighted by molar-refractivity contribution is 0.376. The third-order valence-corrected chi connectivity index (χ3v) is 2.93. The first kappa shape index (κ1) is 8.06. The van der Waals surface area contributed by atoms with Gasteiger partial charge in [0, 0.05) is 6.04 Å². The first-order valence-corrected chi connectivity index (χ1v) is 4.49. The van der Waals surface area contributed by atoms with E-state index < -0.39 is 0 Å². The molecule has 0 radical (unpaired) electrons. The normalized spacial score (nSPS) is 40.5. The van der Waals surface area contributed by atoms with Gasteiger partial charge in [-0.3, -0.25) is 0 Å². The highest BCUT2D eigenvalue weighted by Crippen LogP contribution is 2.30. The van der Waals surface area contributed by atoms with Crippen LogP contribution in [0.2, 0.25) is 0 Å². The van der Waals surface area contributed by atoms with Gasteiger partial charge in [-0.05, 0) is 31.2 Å². The van der Waals surface area contributed by atoms with Gasteiger partial charge in [0.05, 0.1) is 0 Å². The van der Waals surface area contributed by atoms with Crippen molar-refractivity contribution in [2.75, 3.05) is 6.54 Å². The van der Waals surface area contributed by atoms with Crippen molar-refractivity contribution in [2.24, 2.45) is 11.8 Å². The molecule has 0 aliphatic heterocycles. The second-order valence-electron chi connectivity index (χ2n) is 3.58. The Hall–Kier alpha value is -0.0400. The standard InChI is InChI=1S/C9H19N/c1-4-10-9-6-5-7(2)8(9)3/h7-10H,4-6H2,1-3H3. The summed E-state index contributed by atoms with van der Waals surface area (Å²) in [7, 11) is 0. The van der Waals surface area contributed by atoms with E-state index in [1.807, 2.05) is 0 Å². The van der Waals surface area contributed by atoms with Crippen LogP contribution in [0.1, 0.15) is 33.6 Å². The summed E-state index contributed by atoms with van der Waals surface area (Å²) in [6.45, 7) is 8.05. The predicted molar refractivity (Wildman–Crippen MR) is 45.0 cm³/mol. The van der Waals surface area contributed by atoms with E-state index in [0.29, 0.717) is 0 Å². The second-order valence-corrected chi connectivity index (χ2v) is 3.58. The highest BCUT2D eigenvalue weighted by molar-refractivity contribution is 4.84. The molecule has 60 valence electrons. The summed E-state index contributed by atoms with van der Waals surface area (Å²) in [5.41, 5.74) is 0. The smallest absolute Gasteiger partial charge is 0.00952 e. The van der Waals surface area contributed by atoms with E-state index in [-0.39, 0.29) is 0 Å². The number of hydrogen-bond acceptors (Lipinski definition) is 1. The van der Waals surface area contributed by atoms with Crippen LogP contribution < -0.4 is 5.32 Å². The summed E-state index contributed by atoms with van der Waals surface area (Å²) in [5, 5.41) is 3.52. The lowest BCUT2D eigenvalue weighted by Crippen LogP contribution is -2.31. The second kappa shape index (κ2) is 3.38. The van der Waals surface area contributed by atoms with E-state index in [0.717, 1.165) is 24.4 Å². The van der Waals surface area contributed by atoms with Crippen molar-refractivity contribution in [3.05, 3.63) is 0 Å². The Morgan fingerprint density at radius 2 is 2.00 bits per heavy atom. The minimum Gasteiger partial charge on any atom is -0.314 e. The van der Waals surface area contributed by atoms with Crippen molar-refractivity contribution in [3.63, 3.8) is 0 Å². The highest BCUT2D eigenvalue weighted by atomic mass is 14.9. The molecule has 0 aromatic rings. The van der Waals surface area contributed by atoms with Crippen LogP contribution in [0.25, 0.3) is 0 Å². The van der Waals surface area contributed by atoms with Gasteiger partial charge in [0.2, 0.25) is 0 Å². The SMILES string of the molecule is CCNC1CCC(C)C1C. The van der Waals surface area contributed by atoms with E-state index in [1.54, 1.807) is 0 Å². The van der Waals surface area contributed by atoms with Gasteiger partial charge in [-0.15, -0.1) is 0 Å². The summed E-state index contributed by atoms with van der Waals surface area (Å²) in [5.74, 6) is 1.82. The Morgan fingerprint density at radius 1 is 1.30 bits per heavy atom. The van der Waals surface area contributed by atoms with Crippen LogP contribution in [-0.4, -0.2) is 12.6 Å². The summed E-state index contributed by atoms with van der Waals surface area (Å²) in [6, 6.07) is 0.806. The van der Waals surface area contributed by atoms with Gasteiger partial charge >= 0.3 is 0 Å². The lowest BCUT2D eigenvalue weighted by atomic mass is 9.98. The van der Waals surface area contributed by atoms with Gasteiger partial charge in [-0.1, -0.05) is 20.8 Å². The van der Waals surface area contributed by atoms with Crippen LogP contribution in [0.5, 0.6) is 0 Å². The molecule has 0 aromatic heterocycles. The van der Waals surface area contributed by atoms with Gasteiger partial charge in [0.1, 0.15) is 0 Å². The maximum Gasteiger partial charge on any atom is 0.00952 e. The number of rotatable bonds is 2. The zero-order chi connectivity index (χ0) is 7.56. The molecule has 10 heavy (non-hydrogen) atoms. The third-order valence-electron chi connectivity index (χ3n) is 2.93. The average molecular weight is 141 g/mol. The maximum atomic E-state index is 3.52. The molecule has 1 nitrogen and oxygen atoms in total. The Bertz CT molecular complexity index is 98.9. The largest absolute Gasteiger partial charge is 0.314 e. The number of nitrogens with one attached hydrogen (secondary N) is 1. The van der Waals surface area contributed by atoms with E-state index in [2.05, 4.69) is 26.1 Å². The summed E-state index contributed by atoms with van der Waals surface area (Å²) in [4.78, 5) is 0. The third kappa shape index (κ3) is 1.51. The Morgan fingerprint density at radius 3 is 2.40 bits per heavy atom. The van der Waals surface area contributed by atoms with Gasteiger partial charge in [0.15, 0.2) is 0 Å². The summed E-state index contributed by atoms with van der Waals surface area (Å²) >= 11 is 0. The molecule has 0 heterocycles. The Balaban J connectivity index is 2.33. The molecule has 1 rings (SSSR count).